The summed E-state index contributed by atoms with van der Waals surface area (Å²) < 4.78 is 12.6. The van der Waals surface area contributed by atoms with Crippen molar-refractivity contribution < 1.29 is 8.94 Å². The minimum atomic E-state index is 0.372. The lowest BCUT2D eigenvalue weighted by Crippen LogP contribution is -1.99. The number of nitrogens with zero attached hydrogens (tertiary/aromatic N) is 7. The number of hydrogen-bond acceptors (Lipinski definition) is 9. The van der Waals surface area contributed by atoms with Crippen molar-refractivity contribution in [3.8, 4) is 23.2 Å². The van der Waals surface area contributed by atoms with E-state index in [9.17, 15) is 0 Å². The monoisotopic (exact) mass is 344 g/mol. The molecule has 0 unspecified atom stereocenters. The first-order chi connectivity index (χ1) is 11.8. The second-order valence-corrected chi connectivity index (χ2v) is 5.60. The van der Waals surface area contributed by atoms with Crippen LogP contribution in [0.15, 0.2) is 38.8 Å². The minimum Gasteiger partial charge on any atom is -0.461 e. The molecule has 0 saturated heterocycles. The van der Waals surface area contributed by atoms with Crippen LogP contribution in [0.1, 0.15) is 12.8 Å². The van der Waals surface area contributed by atoms with E-state index in [-0.39, 0.29) is 0 Å². The largest absolute Gasteiger partial charge is 0.461 e. The smallest absolute Gasteiger partial charge is 0.239 e. The third-order valence-corrected chi connectivity index (χ3v) is 4.15. The van der Waals surface area contributed by atoms with Gasteiger partial charge in [-0.25, -0.2) is 4.98 Å². The predicted octanol–water partition coefficient (Wildman–Crippen LogP) is 2.02. The normalized spacial score (nSPS) is 11.2. The Morgan fingerprint density at radius 3 is 3.04 bits per heavy atom. The van der Waals surface area contributed by atoms with Gasteiger partial charge in [-0.1, -0.05) is 16.9 Å². The highest BCUT2D eigenvalue weighted by Gasteiger charge is 2.17. The average Bonchev–Trinajstić information content (AvgIpc) is 3.40. The Bertz CT molecular complexity index is 912. The Labute approximate surface area is 139 Å². The molecule has 0 bridgehead atoms. The van der Waals surface area contributed by atoms with E-state index in [1.807, 2.05) is 23.6 Å². The van der Waals surface area contributed by atoms with E-state index >= 15 is 0 Å². The van der Waals surface area contributed by atoms with Crippen LogP contribution in [0.25, 0.3) is 23.2 Å². The molecule has 10 nitrogen and oxygen atoms in total. The summed E-state index contributed by atoms with van der Waals surface area (Å²) in [5.41, 5.74) is 0. The number of aromatic nitrogens is 8. The number of rotatable bonds is 6. The van der Waals surface area contributed by atoms with Gasteiger partial charge in [0.05, 0.1) is 12.0 Å². The van der Waals surface area contributed by atoms with Crippen LogP contribution >= 0.6 is 11.8 Å². The van der Waals surface area contributed by atoms with Gasteiger partial charge < -0.3 is 8.94 Å². The molecule has 0 spiro atoms. The highest BCUT2D eigenvalue weighted by Crippen LogP contribution is 2.26. The molecule has 0 aromatic carbocycles. The molecule has 0 amide bonds. The summed E-state index contributed by atoms with van der Waals surface area (Å²) in [6.45, 7) is 2.74. The van der Waals surface area contributed by atoms with Gasteiger partial charge in [0.15, 0.2) is 22.6 Å². The zero-order valence-corrected chi connectivity index (χ0v) is 13.4. The predicted molar refractivity (Wildman–Crippen MR) is 82.6 cm³/mol. The average molecular weight is 344 g/mol. The van der Waals surface area contributed by atoms with Crippen LogP contribution in [0.2, 0.25) is 0 Å². The summed E-state index contributed by atoms with van der Waals surface area (Å²) in [7, 11) is 0. The van der Waals surface area contributed by atoms with Crippen molar-refractivity contribution in [2.24, 2.45) is 0 Å². The van der Waals surface area contributed by atoms with Crippen LogP contribution in [-0.4, -0.2) is 40.1 Å². The second kappa shape index (κ2) is 6.28. The van der Waals surface area contributed by atoms with Crippen LogP contribution < -0.4 is 0 Å². The van der Waals surface area contributed by atoms with Crippen LogP contribution in [-0.2, 0) is 12.3 Å². The highest BCUT2D eigenvalue weighted by molar-refractivity contribution is 7.98. The Hall–Kier alpha value is -2.95. The molecule has 11 heteroatoms. The Balaban J connectivity index is 1.50. The zero-order chi connectivity index (χ0) is 16.4. The Kier molecular flexibility index (Phi) is 3.83. The molecule has 0 radical (unpaired) electrons. The van der Waals surface area contributed by atoms with Crippen molar-refractivity contribution in [2.45, 2.75) is 24.4 Å². The molecular weight excluding hydrogens is 332 g/mol. The zero-order valence-electron chi connectivity index (χ0n) is 12.6. The number of nitrogens with one attached hydrogen (secondary N) is 1. The van der Waals surface area contributed by atoms with Crippen LogP contribution in [0.5, 0.6) is 0 Å². The summed E-state index contributed by atoms with van der Waals surface area (Å²) in [6.07, 6.45) is 3.00. The Morgan fingerprint density at radius 1 is 1.33 bits per heavy atom. The molecule has 24 heavy (non-hydrogen) atoms. The van der Waals surface area contributed by atoms with E-state index < -0.39 is 0 Å². The van der Waals surface area contributed by atoms with Crippen molar-refractivity contribution in [1.29, 1.82) is 0 Å². The van der Waals surface area contributed by atoms with Crippen LogP contribution in [0.4, 0.5) is 0 Å². The van der Waals surface area contributed by atoms with Gasteiger partial charge in [-0.3, -0.25) is 9.67 Å². The van der Waals surface area contributed by atoms with E-state index in [4.69, 9.17) is 8.94 Å². The number of hydrogen-bond donors (Lipinski definition) is 1. The topological polar surface area (TPSA) is 124 Å². The minimum absolute atomic E-state index is 0.372. The maximum atomic E-state index is 5.39. The van der Waals surface area contributed by atoms with Crippen LogP contribution in [0, 0.1) is 0 Å². The lowest BCUT2D eigenvalue weighted by molar-refractivity contribution is 0.391. The van der Waals surface area contributed by atoms with Crippen LogP contribution in [0.3, 0.4) is 0 Å². The van der Waals surface area contributed by atoms with Gasteiger partial charge in [-0.15, -0.1) is 10.2 Å². The first-order valence-electron chi connectivity index (χ1n) is 7.13. The van der Waals surface area contributed by atoms with Gasteiger partial charge in [0.1, 0.15) is 6.33 Å². The molecule has 4 aromatic heterocycles. The van der Waals surface area contributed by atoms with E-state index in [1.54, 1.807) is 6.26 Å². The third-order valence-electron chi connectivity index (χ3n) is 3.19. The molecule has 0 saturated carbocycles. The molecule has 4 heterocycles. The molecular formula is C13H12N8O2S. The standard InChI is InChI=1S/C13H12N8O2S/c1-2-21-12(8-4-3-5-22-8)18-19-13(21)24-6-9-16-11(20-23-9)10-14-7-15-17-10/h3-5,7H,2,6H2,1H3,(H,14,15,17). The molecule has 0 atom stereocenters. The molecule has 0 fully saturated rings. The van der Waals surface area contributed by atoms with Gasteiger partial charge in [0.2, 0.25) is 11.7 Å². The molecule has 122 valence electrons. The van der Waals surface area contributed by atoms with E-state index in [1.165, 1.54) is 18.1 Å². The van der Waals surface area contributed by atoms with Gasteiger partial charge in [-0.2, -0.15) is 10.1 Å². The number of thioether (sulfide) groups is 1. The molecule has 0 aliphatic rings. The maximum absolute atomic E-state index is 5.39. The van der Waals surface area contributed by atoms with Gasteiger partial charge in [0, 0.05) is 6.54 Å². The molecule has 4 rings (SSSR count). The van der Waals surface area contributed by atoms with E-state index in [0.29, 0.717) is 34.9 Å². The van der Waals surface area contributed by atoms with Gasteiger partial charge in [0.25, 0.3) is 0 Å². The number of furan rings is 1. The summed E-state index contributed by atoms with van der Waals surface area (Å²) in [6, 6.07) is 3.67. The van der Waals surface area contributed by atoms with E-state index in [0.717, 1.165) is 11.7 Å². The lowest BCUT2D eigenvalue weighted by atomic mass is 10.4. The highest BCUT2D eigenvalue weighted by atomic mass is 32.2. The summed E-state index contributed by atoms with van der Waals surface area (Å²) >= 11 is 1.46. The SMILES string of the molecule is CCn1c(SCc2nc(-c3ncn[nH]3)no2)nnc1-c1ccco1. The van der Waals surface area contributed by atoms with Crippen molar-refractivity contribution in [1.82, 2.24) is 40.1 Å². The van der Waals surface area contributed by atoms with Crippen molar-refractivity contribution >= 4 is 11.8 Å². The van der Waals surface area contributed by atoms with Crippen molar-refractivity contribution in [3.63, 3.8) is 0 Å². The third kappa shape index (κ3) is 2.69. The maximum Gasteiger partial charge on any atom is 0.239 e. The molecule has 4 aromatic rings. The number of aromatic amines is 1. The van der Waals surface area contributed by atoms with Crippen molar-refractivity contribution in [2.75, 3.05) is 0 Å². The second-order valence-electron chi connectivity index (χ2n) is 4.66. The summed E-state index contributed by atoms with van der Waals surface area (Å²) in [5, 5.41) is 19.5. The van der Waals surface area contributed by atoms with Gasteiger partial charge in [-0.05, 0) is 19.1 Å². The fourth-order valence-corrected chi connectivity index (χ4v) is 2.96. The van der Waals surface area contributed by atoms with E-state index in [2.05, 4.69) is 35.5 Å². The lowest BCUT2D eigenvalue weighted by Gasteiger charge is -2.04. The quantitative estimate of drug-likeness (QED) is 0.523. The summed E-state index contributed by atoms with van der Waals surface area (Å²) in [4.78, 5) is 8.25. The molecule has 0 aliphatic carbocycles. The van der Waals surface area contributed by atoms with Crippen molar-refractivity contribution in [3.05, 3.63) is 30.6 Å². The molecule has 0 aliphatic heterocycles. The fraction of sp³-hybridized carbons (Fsp3) is 0.231. The first kappa shape index (κ1) is 14.6. The van der Waals surface area contributed by atoms with Gasteiger partial charge >= 0.3 is 0 Å². The fourth-order valence-electron chi connectivity index (χ4n) is 2.12. The molecule has 1 N–H and O–H groups in total. The first-order valence-corrected chi connectivity index (χ1v) is 8.12. The number of H-pyrrole nitrogens is 1. The Morgan fingerprint density at radius 2 is 2.29 bits per heavy atom. The summed E-state index contributed by atoms with van der Waals surface area (Å²) in [5.74, 6) is 3.15.